The molecule has 0 saturated heterocycles. The van der Waals surface area contributed by atoms with Crippen LogP contribution in [0.3, 0.4) is 0 Å². The van der Waals surface area contributed by atoms with Crippen LogP contribution in [0.2, 0.25) is 0 Å². The molecule has 1 saturated carbocycles. The normalized spacial score (nSPS) is 15.5. The summed E-state index contributed by atoms with van der Waals surface area (Å²) in [4.78, 5) is 16.7. The third kappa shape index (κ3) is 2.58. The predicted molar refractivity (Wildman–Crippen MR) is 78.8 cm³/mol. The number of carbonyl (C=O) groups is 1. The second kappa shape index (κ2) is 5.35. The average Bonchev–Trinajstić information content (AvgIpc) is 2.47. The topological polar surface area (TPSA) is 29.4 Å². The van der Waals surface area contributed by atoms with E-state index in [4.69, 9.17) is 0 Å². The number of fused-ring (bicyclic) bond motifs is 1. The van der Waals surface area contributed by atoms with Gasteiger partial charge in [0.1, 0.15) is 0 Å². The summed E-state index contributed by atoms with van der Waals surface area (Å²) in [5, 5.41) is 2.09. The Morgan fingerprint density at radius 2 is 1.63 bits per heavy atom. The van der Waals surface area contributed by atoms with Crippen LogP contribution in [0.25, 0.3) is 10.8 Å². The van der Waals surface area contributed by atoms with Crippen LogP contribution in [-0.2, 0) is 0 Å². The summed E-state index contributed by atoms with van der Waals surface area (Å²) < 4.78 is 0. The van der Waals surface area contributed by atoms with E-state index in [1.54, 1.807) is 0 Å². The Morgan fingerprint density at radius 3 is 2.47 bits per heavy atom. The van der Waals surface area contributed by atoms with Crippen molar-refractivity contribution < 1.29 is 4.79 Å². The molecule has 0 radical (unpaired) electrons. The van der Waals surface area contributed by atoms with Crippen LogP contribution >= 0.6 is 0 Å². The van der Waals surface area contributed by atoms with E-state index < -0.39 is 0 Å². The number of aliphatic imine (C=N–C) groups is 1. The van der Waals surface area contributed by atoms with Gasteiger partial charge < -0.3 is 0 Å². The summed E-state index contributed by atoms with van der Waals surface area (Å²) in [6, 6.07) is 13.8. The van der Waals surface area contributed by atoms with E-state index >= 15 is 0 Å². The largest absolute Gasteiger partial charge is 0.277 e. The quantitative estimate of drug-likeness (QED) is 0.739. The van der Waals surface area contributed by atoms with Crippen molar-refractivity contribution in [2.45, 2.75) is 32.1 Å². The highest BCUT2D eigenvalue weighted by atomic mass is 16.1. The standard InChI is InChI=1S/C17H17NO/c19-17(18-14-9-2-1-3-10-14)16-12-6-8-13-7-4-5-11-15(13)16/h4-8,11-12H,1-3,9-10H2. The molecule has 0 N–H and O–H groups in total. The fourth-order valence-corrected chi connectivity index (χ4v) is 2.69. The second-order valence-electron chi connectivity index (χ2n) is 5.07. The first-order valence-electron chi connectivity index (χ1n) is 6.93. The summed E-state index contributed by atoms with van der Waals surface area (Å²) >= 11 is 0. The predicted octanol–water partition coefficient (Wildman–Crippen LogP) is 4.39. The van der Waals surface area contributed by atoms with Crippen molar-refractivity contribution in [3.05, 3.63) is 48.0 Å². The van der Waals surface area contributed by atoms with Crippen molar-refractivity contribution in [2.75, 3.05) is 0 Å². The first-order chi connectivity index (χ1) is 9.34. The van der Waals surface area contributed by atoms with Crippen molar-refractivity contribution in [1.29, 1.82) is 0 Å². The Morgan fingerprint density at radius 1 is 0.895 bits per heavy atom. The molecular weight excluding hydrogens is 234 g/mol. The molecule has 2 heteroatoms. The monoisotopic (exact) mass is 251 g/mol. The van der Waals surface area contributed by atoms with Crippen LogP contribution in [0.1, 0.15) is 42.5 Å². The van der Waals surface area contributed by atoms with Gasteiger partial charge in [0.15, 0.2) is 0 Å². The van der Waals surface area contributed by atoms with Gasteiger partial charge >= 0.3 is 0 Å². The molecule has 2 aromatic carbocycles. The van der Waals surface area contributed by atoms with Gasteiger partial charge in [-0.2, -0.15) is 0 Å². The highest BCUT2D eigenvalue weighted by molar-refractivity contribution is 6.11. The van der Waals surface area contributed by atoms with E-state index in [9.17, 15) is 4.79 Å². The Bertz CT molecular complexity index is 629. The minimum Gasteiger partial charge on any atom is -0.267 e. The van der Waals surface area contributed by atoms with Gasteiger partial charge in [0.2, 0.25) is 0 Å². The van der Waals surface area contributed by atoms with Gasteiger partial charge in [0, 0.05) is 11.3 Å². The number of hydrogen-bond donors (Lipinski definition) is 0. The minimum absolute atomic E-state index is 0.0892. The summed E-state index contributed by atoms with van der Waals surface area (Å²) in [6.07, 6.45) is 5.57. The van der Waals surface area contributed by atoms with Crippen LogP contribution in [0, 0.1) is 0 Å². The Kier molecular flexibility index (Phi) is 3.41. The molecule has 1 aliphatic rings. The molecule has 0 unspecified atom stereocenters. The number of carbonyl (C=O) groups excluding carboxylic acids is 1. The smallest absolute Gasteiger partial charge is 0.267 e. The molecular formula is C17H17NO. The van der Waals surface area contributed by atoms with E-state index in [1.807, 2.05) is 42.5 Å². The second-order valence-corrected chi connectivity index (χ2v) is 5.07. The van der Waals surface area contributed by atoms with E-state index in [1.165, 1.54) is 19.3 Å². The maximum atomic E-state index is 12.3. The van der Waals surface area contributed by atoms with Gasteiger partial charge in [-0.15, -0.1) is 0 Å². The van der Waals surface area contributed by atoms with E-state index in [-0.39, 0.29) is 5.91 Å². The first-order valence-corrected chi connectivity index (χ1v) is 6.93. The molecule has 1 amide bonds. The molecule has 19 heavy (non-hydrogen) atoms. The molecule has 0 heterocycles. The minimum atomic E-state index is -0.0892. The Balaban J connectivity index is 1.97. The van der Waals surface area contributed by atoms with Crippen molar-refractivity contribution in [3.63, 3.8) is 0 Å². The SMILES string of the molecule is O=C(N=C1CCCCC1)c1cccc2ccccc12. The van der Waals surface area contributed by atoms with Crippen LogP contribution in [0.15, 0.2) is 47.5 Å². The lowest BCUT2D eigenvalue weighted by Gasteiger charge is -2.12. The number of amides is 1. The van der Waals surface area contributed by atoms with Crippen molar-refractivity contribution in [1.82, 2.24) is 0 Å². The highest BCUT2D eigenvalue weighted by Gasteiger charge is 2.12. The molecule has 2 nitrogen and oxygen atoms in total. The van der Waals surface area contributed by atoms with Crippen molar-refractivity contribution >= 4 is 22.4 Å². The maximum absolute atomic E-state index is 12.3. The van der Waals surface area contributed by atoms with Crippen molar-refractivity contribution in [3.8, 4) is 0 Å². The summed E-state index contributed by atoms with van der Waals surface area (Å²) in [6.45, 7) is 0. The molecule has 0 spiro atoms. The Hall–Kier alpha value is -1.96. The number of benzene rings is 2. The summed E-state index contributed by atoms with van der Waals surface area (Å²) in [5.74, 6) is -0.0892. The molecule has 1 fully saturated rings. The molecule has 0 atom stereocenters. The zero-order valence-electron chi connectivity index (χ0n) is 10.9. The third-order valence-corrected chi connectivity index (χ3v) is 3.71. The highest BCUT2D eigenvalue weighted by Crippen LogP contribution is 2.21. The molecule has 3 rings (SSSR count). The summed E-state index contributed by atoms with van der Waals surface area (Å²) in [7, 11) is 0. The van der Waals surface area contributed by atoms with E-state index in [2.05, 4.69) is 4.99 Å². The van der Waals surface area contributed by atoms with Gasteiger partial charge in [-0.25, -0.2) is 4.99 Å². The Labute approximate surface area is 113 Å². The zero-order valence-corrected chi connectivity index (χ0v) is 10.9. The van der Waals surface area contributed by atoms with Gasteiger partial charge in [-0.05, 0) is 42.5 Å². The number of nitrogens with zero attached hydrogens (tertiary/aromatic N) is 1. The average molecular weight is 251 g/mol. The van der Waals surface area contributed by atoms with Gasteiger partial charge in [-0.1, -0.05) is 42.8 Å². The molecule has 1 aliphatic carbocycles. The first kappa shape index (κ1) is 12.1. The lowest BCUT2D eigenvalue weighted by atomic mass is 9.98. The maximum Gasteiger partial charge on any atom is 0.277 e. The fraction of sp³-hybridized carbons (Fsp3) is 0.294. The molecule has 0 aromatic heterocycles. The van der Waals surface area contributed by atoms with E-state index in [0.29, 0.717) is 0 Å². The lowest BCUT2D eigenvalue weighted by molar-refractivity contribution is 0.100. The fourth-order valence-electron chi connectivity index (χ4n) is 2.69. The van der Waals surface area contributed by atoms with Crippen LogP contribution in [0.5, 0.6) is 0 Å². The summed E-state index contributed by atoms with van der Waals surface area (Å²) in [5.41, 5.74) is 1.79. The molecule has 2 aromatic rings. The molecule has 0 bridgehead atoms. The van der Waals surface area contributed by atoms with Gasteiger partial charge in [0.05, 0.1) is 0 Å². The molecule has 96 valence electrons. The number of hydrogen-bond acceptors (Lipinski definition) is 1. The third-order valence-electron chi connectivity index (χ3n) is 3.71. The lowest BCUT2D eigenvalue weighted by Crippen LogP contribution is -2.08. The van der Waals surface area contributed by atoms with Gasteiger partial charge in [0.25, 0.3) is 5.91 Å². The van der Waals surface area contributed by atoms with Crippen LogP contribution in [0.4, 0.5) is 0 Å². The number of rotatable bonds is 1. The van der Waals surface area contributed by atoms with Crippen LogP contribution in [-0.4, -0.2) is 11.6 Å². The van der Waals surface area contributed by atoms with Crippen molar-refractivity contribution in [2.24, 2.45) is 4.99 Å². The van der Waals surface area contributed by atoms with Gasteiger partial charge in [-0.3, -0.25) is 4.79 Å². The molecule has 0 aliphatic heterocycles. The zero-order chi connectivity index (χ0) is 13.1. The van der Waals surface area contributed by atoms with Crippen LogP contribution < -0.4 is 0 Å². The van der Waals surface area contributed by atoms with E-state index in [0.717, 1.165) is 34.9 Å².